The molecule has 1 heterocycles. The first-order valence-corrected chi connectivity index (χ1v) is 29.5. The molecule has 0 radical (unpaired) electrons. The SMILES string of the molecule is CCC/C=C\CC1C(CC(=O)OC(CCCCCCCCC2CC2CCCCCCCC)CCCCCCCCC2CC2CCCCCCCC)CCC1OC(=O)C1(C)CCN(C)CC1. The van der Waals surface area contributed by atoms with Crippen LogP contribution in [0.25, 0.3) is 0 Å². The number of unbranched alkanes of at least 4 members (excludes halogenated alkanes) is 21. The van der Waals surface area contributed by atoms with Gasteiger partial charge in [0.25, 0.3) is 0 Å². The third-order valence-electron chi connectivity index (χ3n) is 17.2. The van der Waals surface area contributed by atoms with Crippen molar-refractivity contribution < 1.29 is 19.1 Å². The molecule has 4 rings (SSSR count). The van der Waals surface area contributed by atoms with Gasteiger partial charge in [0.2, 0.25) is 0 Å². The lowest BCUT2D eigenvalue weighted by Gasteiger charge is -2.37. The zero-order valence-corrected chi connectivity index (χ0v) is 44.1. The van der Waals surface area contributed by atoms with E-state index in [0.29, 0.717) is 6.42 Å². The molecule has 0 spiro atoms. The maximum atomic E-state index is 13.8. The highest BCUT2D eigenvalue weighted by Gasteiger charge is 2.44. The molecule has 5 heteroatoms. The van der Waals surface area contributed by atoms with E-state index in [2.05, 4.69) is 51.8 Å². The van der Waals surface area contributed by atoms with E-state index in [9.17, 15) is 9.59 Å². The van der Waals surface area contributed by atoms with Gasteiger partial charge in [-0.05, 0) is 134 Å². The molecule has 65 heavy (non-hydrogen) atoms. The normalized spacial score (nSPS) is 25.6. The summed E-state index contributed by atoms with van der Waals surface area (Å²) in [4.78, 5) is 29.8. The van der Waals surface area contributed by atoms with Gasteiger partial charge in [0, 0.05) is 12.3 Å². The Bertz CT molecular complexity index is 1190. The molecule has 3 aliphatic carbocycles. The minimum atomic E-state index is -0.404. The number of likely N-dealkylation sites (tertiary alicyclic amines) is 1. The van der Waals surface area contributed by atoms with Gasteiger partial charge in [-0.15, -0.1) is 0 Å². The van der Waals surface area contributed by atoms with Gasteiger partial charge in [-0.25, -0.2) is 0 Å². The molecule has 5 nitrogen and oxygen atoms in total. The number of nitrogens with zero attached hydrogens (tertiary/aromatic N) is 1. The van der Waals surface area contributed by atoms with Crippen LogP contribution in [0.4, 0.5) is 0 Å². The predicted octanol–water partition coefficient (Wildman–Crippen LogP) is 17.7. The summed E-state index contributed by atoms with van der Waals surface area (Å²) in [6.45, 7) is 10.8. The molecule has 4 aliphatic rings. The van der Waals surface area contributed by atoms with Crippen molar-refractivity contribution in [2.45, 2.75) is 297 Å². The van der Waals surface area contributed by atoms with E-state index >= 15 is 0 Å². The molecule has 378 valence electrons. The molecule has 3 saturated carbocycles. The van der Waals surface area contributed by atoms with Gasteiger partial charge in [-0.3, -0.25) is 9.59 Å². The topological polar surface area (TPSA) is 55.8 Å². The highest BCUT2D eigenvalue weighted by molar-refractivity contribution is 5.77. The van der Waals surface area contributed by atoms with Crippen molar-refractivity contribution >= 4 is 11.9 Å². The van der Waals surface area contributed by atoms with Crippen molar-refractivity contribution in [2.75, 3.05) is 20.1 Å². The standard InChI is InChI=1S/C60H109NO4/c1-6-9-12-15-21-27-34-50-47-52(50)36-29-23-17-19-25-31-38-55(39-32-26-20-18-24-30-37-53-48-51(53)35-28-22-16-13-10-7-2)64-58(62)49-54-41-42-57(56(54)40-33-14-11-8-3)65-59(63)60(4)43-45-61(5)46-44-60/h14,33,50-57H,6-13,15-32,34-49H2,1-5H3/b33-14-. The molecule has 1 saturated heterocycles. The monoisotopic (exact) mass is 908 g/mol. The summed E-state index contributed by atoms with van der Waals surface area (Å²) in [5, 5.41) is 0. The average Bonchev–Trinajstić information content (AvgIpc) is 4.21. The summed E-state index contributed by atoms with van der Waals surface area (Å²) in [7, 11) is 2.14. The van der Waals surface area contributed by atoms with Crippen molar-refractivity contribution in [3.05, 3.63) is 12.2 Å². The molecule has 0 N–H and O–H groups in total. The van der Waals surface area contributed by atoms with E-state index in [4.69, 9.17) is 9.47 Å². The average molecular weight is 909 g/mol. The van der Waals surface area contributed by atoms with E-state index in [0.717, 1.165) is 94.5 Å². The van der Waals surface area contributed by atoms with Crippen LogP contribution < -0.4 is 0 Å². The van der Waals surface area contributed by atoms with Crippen LogP contribution in [0, 0.1) is 40.9 Å². The van der Waals surface area contributed by atoms with Crippen LogP contribution in [0.2, 0.25) is 0 Å². The van der Waals surface area contributed by atoms with E-state index in [-0.39, 0.29) is 36.0 Å². The molecule has 7 unspecified atom stereocenters. The number of allylic oxidation sites excluding steroid dienone is 2. The number of ether oxygens (including phenoxy) is 2. The first kappa shape index (κ1) is 56.2. The third kappa shape index (κ3) is 24.2. The largest absolute Gasteiger partial charge is 0.462 e. The maximum Gasteiger partial charge on any atom is 0.312 e. The molecular weight excluding hydrogens is 799 g/mol. The first-order valence-electron chi connectivity index (χ1n) is 29.5. The van der Waals surface area contributed by atoms with Crippen LogP contribution in [0.15, 0.2) is 12.2 Å². The van der Waals surface area contributed by atoms with Crippen LogP contribution in [-0.4, -0.2) is 49.2 Å². The number of hydrogen-bond donors (Lipinski definition) is 0. The Kier molecular flexibility index (Phi) is 29.4. The number of piperidine rings is 1. The molecule has 0 aromatic heterocycles. The Labute approximate surface area is 404 Å². The Morgan fingerprint density at radius 1 is 0.569 bits per heavy atom. The second-order valence-corrected chi connectivity index (χ2v) is 23.1. The fourth-order valence-corrected chi connectivity index (χ4v) is 12.1. The van der Waals surface area contributed by atoms with Crippen molar-refractivity contribution in [2.24, 2.45) is 40.9 Å². The second kappa shape index (κ2) is 34.0. The zero-order valence-electron chi connectivity index (χ0n) is 44.1. The molecule has 0 bridgehead atoms. The molecule has 1 aliphatic heterocycles. The Balaban J connectivity index is 1.15. The van der Waals surface area contributed by atoms with Gasteiger partial charge in [0.15, 0.2) is 0 Å². The lowest BCUT2D eigenvalue weighted by molar-refractivity contribution is -0.165. The van der Waals surface area contributed by atoms with Crippen molar-refractivity contribution in [1.82, 2.24) is 4.90 Å². The number of hydrogen-bond acceptors (Lipinski definition) is 5. The summed E-state index contributed by atoms with van der Waals surface area (Å²) in [6, 6.07) is 0. The zero-order chi connectivity index (χ0) is 46.4. The van der Waals surface area contributed by atoms with Crippen molar-refractivity contribution in [1.29, 1.82) is 0 Å². The van der Waals surface area contributed by atoms with Crippen LogP contribution in [0.5, 0.6) is 0 Å². The number of carbonyl (C=O) groups excluding carboxylic acids is 2. The van der Waals surface area contributed by atoms with Crippen LogP contribution in [-0.2, 0) is 19.1 Å². The molecule has 0 aromatic rings. The van der Waals surface area contributed by atoms with E-state index in [1.807, 2.05) is 0 Å². The molecular formula is C60H109NO4. The van der Waals surface area contributed by atoms with Gasteiger partial charge in [-0.2, -0.15) is 0 Å². The fourth-order valence-electron chi connectivity index (χ4n) is 12.1. The van der Waals surface area contributed by atoms with Gasteiger partial charge >= 0.3 is 11.9 Å². The van der Waals surface area contributed by atoms with Crippen molar-refractivity contribution in [3.63, 3.8) is 0 Å². The summed E-state index contributed by atoms with van der Waals surface area (Å²) >= 11 is 0. The highest BCUT2D eigenvalue weighted by atomic mass is 16.5. The van der Waals surface area contributed by atoms with Gasteiger partial charge in [0.1, 0.15) is 12.2 Å². The molecule has 0 aromatic carbocycles. The van der Waals surface area contributed by atoms with Crippen LogP contribution in [0.3, 0.4) is 0 Å². The quantitative estimate of drug-likeness (QED) is 0.0348. The minimum Gasteiger partial charge on any atom is -0.462 e. The highest BCUT2D eigenvalue weighted by Crippen LogP contribution is 2.47. The van der Waals surface area contributed by atoms with E-state index in [1.54, 1.807) is 0 Å². The van der Waals surface area contributed by atoms with Gasteiger partial charge in [-0.1, -0.05) is 206 Å². The van der Waals surface area contributed by atoms with Gasteiger partial charge < -0.3 is 14.4 Å². The van der Waals surface area contributed by atoms with Crippen molar-refractivity contribution in [3.8, 4) is 0 Å². The minimum absolute atomic E-state index is 0.0125. The Hall–Kier alpha value is -1.36. The predicted molar refractivity (Wildman–Crippen MR) is 277 cm³/mol. The molecule has 7 atom stereocenters. The molecule has 0 amide bonds. The van der Waals surface area contributed by atoms with E-state index in [1.165, 1.54) is 193 Å². The van der Waals surface area contributed by atoms with Crippen LogP contribution >= 0.6 is 0 Å². The first-order chi connectivity index (χ1) is 31.8. The van der Waals surface area contributed by atoms with Gasteiger partial charge in [0.05, 0.1) is 5.41 Å². The Morgan fingerprint density at radius 2 is 1.02 bits per heavy atom. The number of rotatable bonds is 41. The fraction of sp³-hybridized carbons (Fsp3) is 0.933. The second-order valence-electron chi connectivity index (χ2n) is 23.1. The Morgan fingerprint density at radius 3 is 1.48 bits per heavy atom. The lowest BCUT2D eigenvalue weighted by Crippen LogP contribution is -2.43. The number of carbonyl (C=O) groups is 2. The maximum absolute atomic E-state index is 13.8. The molecule has 4 fully saturated rings. The van der Waals surface area contributed by atoms with Crippen LogP contribution in [0.1, 0.15) is 285 Å². The summed E-state index contributed by atoms with van der Waals surface area (Å²) in [6.07, 6.45) is 55.5. The smallest absolute Gasteiger partial charge is 0.312 e. The summed E-state index contributed by atoms with van der Waals surface area (Å²) < 4.78 is 12.9. The number of esters is 2. The summed E-state index contributed by atoms with van der Waals surface area (Å²) in [5.74, 6) is 4.56. The van der Waals surface area contributed by atoms with E-state index < -0.39 is 5.41 Å². The lowest BCUT2D eigenvalue weighted by atomic mass is 9.80. The third-order valence-corrected chi connectivity index (χ3v) is 17.2. The summed E-state index contributed by atoms with van der Waals surface area (Å²) in [5.41, 5.74) is -0.404.